The molecule has 0 radical (unpaired) electrons. The van der Waals surface area contributed by atoms with E-state index < -0.39 is 11.6 Å². The number of aromatic nitrogens is 1. The fourth-order valence-corrected chi connectivity index (χ4v) is 2.07. The Balaban J connectivity index is 1.97. The average molecular weight is 334 g/mol. The molecule has 0 fully saturated rings. The van der Waals surface area contributed by atoms with Crippen molar-refractivity contribution in [1.29, 1.82) is 0 Å². The molecule has 0 spiro atoms. The Morgan fingerprint density at radius 3 is 2.62 bits per heavy atom. The second-order valence-electron chi connectivity index (χ2n) is 5.63. The molecule has 5 nitrogen and oxygen atoms in total. The lowest BCUT2D eigenvalue weighted by Gasteiger charge is -2.11. The molecule has 128 valence electrons. The van der Waals surface area contributed by atoms with Gasteiger partial charge in [-0.3, -0.25) is 9.78 Å². The first kappa shape index (κ1) is 17.8. The number of nitrogens with zero attached hydrogens (tertiary/aromatic N) is 2. The quantitative estimate of drug-likeness (QED) is 0.765. The van der Waals surface area contributed by atoms with Crippen LogP contribution in [0.3, 0.4) is 0 Å². The number of carbonyl (C=O) groups excluding carboxylic acids is 1. The van der Waals surface area contributed by atoms with Gasteiger partial charge in [0, 0.05) is 24.5 Å². The van der Waals surface area contributed by atoms with E-state index in [1.807, 2.05) is 19.0 Å². The molecule has 0 unspecified atom stereocenters. The standard InChI is InChI=1S/C17H20F2N4O/c1-23(2)7-3-6-21-17(24)12-8-14(11-20-10-12)22-13-4-5-15(18)16(19)9-13/h4-5,8-11,22H,3,6-7H2,1-2H3,(H,21,24). The first-order valence-corrected chi connectivity index (χ1v) is 7.56. The van der Waals surface area contributed by atoms with Crippen molar-refractivity contribution in [1.82, 2.24) is 15.2 Å². The van der Waals surface area contributed by atoms with Crippen molar-refractivity contribution in [2.75, 3.05) is 32.5 Å². The lowest BCUT2D eigenvalue weighted by molar-refractivity contribution is 0.0952. The molecule has 2 N–H and O–H groups in total. The van der Waals surface area contributed by atoms with Gasteiger partial charge in [-0.05, 0) is 45.3 Å². The van der Waals surface area contributed by atoms with Crippen LogP contribution in [0.2, 0.25) is 0 Å². The zero-order valence-electron chi connectivity index (χ0n) is 13.6. The molecule has 1 aromatic carbocycles. The molecule has 0 aliphatic carbocycles. The second-order valence-corrected chi connectivity index (χ2v) is 5.63. The van der Waals surface area contributed by atoms with Gasteiger partial charge in [0.05, 0.1) is 17.4 Å². The van der Waals surface area contributed by atoms with Crippen LogP contribution in [0.5, 0.6) is 0 Å². The monoisotopic (exact) mass is 334 g/mol. The lowest BCUT2D eigenvalue weighted by atomic mass is 10.2. The van der Waals surface area contributed by atoms with Crippen molar-refractivity contribution in [3.63, 3.8) is 0 Å². The Hall–Kier alpha value is -2.54. The summed E-state index contributed by atoms with van der Waals surface area (Å²) in [5.74, 6) is -2.08. The molecular weight excluding hydrogens is 314 g/mol. The summed E-state index contributed by atoms with van der Waals surface area (Å²) in [7, 11) is 3.94. The molecule has 0 aliphatic rings. The molecule has 7 heteroatoms. The third kappa shape index (κ3) is 5.27. The number of carbonyl (C=O) groups is 1. The van der Waals surface area contributed by atoms with Crippen molar-refractivity contribution in [3.8, 4) is 0 Å². The smallest absolute Gasteiger partial charge is 0.252 e. The van der Waals surface area contributed by atoms with Crippen molar-refractivity contribution in [2.24, 2.45) is 0 Å². The Kier molecular flexibility index (Phi) is 6.20. The highest BCUT2D eigenvalue weighted by atomic mass is 19.2. The molecule has 2 rings (SSSR count). The molecule has 24 heavy (non-hydrogen) atoms. The maximum Gasteiger partial charge on any atom is 0.252 e. The molecule has 1 aromatic heterocycles. The average Bonchev–Trinajstić information content (AvgIpc) is 2.55. The van der Waals surface area contributed by atoms with Crippen molar-refractivity contribution in [3.05, 3.63) is 53.9 Å². The summed E-state index contributed by atoms with van der Waals surface area (Å²) in [6, 6.07) is 5.09. The predicted molar refractivity (Wildman–Crippen MR) is 89.4 cm³/mol. The Labute approximate surface area is 139 Å². The van der Waals surface area contributed by atoms with E-state index in [1.54, 1.807) is 6.07 Å². The first-order chi connectivity index (χ1) is 11.5. The molecule has 1 heterocycles. The minimum Gasteiger partial charge on any atom is -0.354 e. The van der Waals surface area contributed by atoms with Gasteiger partial charge in [0.25, 0.3) is 5.91 Å². The van der Waals surface area contributed by atoms with Gasteiger partial charge in [-0.15, -0.1) is 0 Å². The van der Waals surface area contributed by atoms with Gasteiger partial charge >= 0.3 is 0 Å². The fourth-order valence-electron chi connectivity index (χ4n) is 2.07. The minimum atomic E-state index is -0.942. The topological polar surface area (TPSA) is 57.3 Å². The van der Waals surface area contributed by atoms with Crippen molar-refractivity contribution < 1.29 is 13.6 Å². The summed E-state index contributed by atoms with van der Waals surface area (Å²) in [4.78, 5) is 18.1. The molecule has 0 saturated carbocycles. The van der Waals surface area contributed by atoms with E-state index in [0.717, 1.165) is 25.1 Å². The molecule has 0 saturated heterocycles. The largest absolute Gasteiger partial charge is 0.354 e. The summed E-state index contributed by atoms with van der Waals surface area (Å²) in [5.41, 5.74) is 1.29. The van der Waals surface area contributed by atoms with Gasteiger partial charge in [0.1, 0.15) is 0 Å². The number of pyridine rings is 1. The van der Waals surface area contributed by atoms with Gasteiger partial charge in [-0.25, -0.2) is 8.78 Å². The summed E-state index contributed by atoms with van der Waals surface area (Å²) >= 11 is 0. The van der Waals surface area contributed by atoms with Crippen LogP contribution in [0.4, 0.5) is 20.2 Å². The zero-order valence-corrected chi connectivity index (χ0v) is 13.6. The number of amides is 1. The maximum atomic E-state index is 13.2. The van der Waals surface area contributed by atoms with Crippen LogP contribution in [0.25, 0.3) is 0 Å². The Morgan fingerprint density at radius 2 is 1.92 bits per heavy atom. The van der Waals surface area contributed by atoms with E-state index >= 15 is 0 Å². The number of rotatable bonds is 7. The molecule has 1 amide bonds. The van der Waals surface area contributed by atoms with Gasteiger partial charge in [0.15, 0.2) is 11.6 Å². The van der Waals surface area contributed by atoms with Gasteiger partial charge in [0.2, 0.25) is 0 Å². The van der Waals surface area contributed by atoms with Crippen LogP contribution < -0.4 is 10.6 Å². The van der Waals surface area contributed by atoms with Gasteiger partial charge < -0.3 is 15.5 Å². The maximum absolute atomic E-state index is 13.2. The number of halogens is 2. The fraction of sp³-hybridized carbons (Fsp3) is 0.294. The lowest BCUT2D eigenvalue weighted by Crippen LogP contribution is -2.27. The normalized spacial score (nSPS) is 10.7. The summed E-state index contributed by atoms with van der Waals surface area (Å²) in [6.07, 6.45) is 3.81. The predicted octanol–water partition coefficient (Wildman–Crippen LogP) is 2.78. The number of hydrogen-bond acceptors (Lipinski definition) is 4. The molecular formula is C17H20F2N4O. The summed E-state index contributed by atoms with van der Waals surface area (Å²) in [6.45, 7) is 1.45. The van der Waals surface area contributed by atoms with Crippen LogP contribution in [0.1, 0.15) is 16.8 Å². The highest BCUT2D eigenvalue weighted by Crippen LogP contribution is 2.19. The number of benzene rings is 1. The molecule has 0 aliphatic heterocycles. The minimum absolute atomic E-state index is 0.227. The summed E-state index contributed by atoms with van der Waals surface area (Å²) in [5, 5.41) is 5.71. The molecule has 2 aromatic rings. The van der Waals surface area contributed by atoms with Crippen LogP contribution in [-0.4, -0.2) is 43.0 Å². The Morgan fingerprint density at radius 1 is 1.12 bits per heavy atom. The van der Waals surface area contributed by atoms with Crippen LogP contribution in [-0.2, 0) is 0 Å². The molecule has 0 atom stereocenters. The zero-order chi connectivity index (χ0) is 17.5. The van der Waals surface area contributed by atoms with Gasteiger partial charge in [-0.2, -0.15) is 0 Å². The summed E-state index contributed by atoms with van der Waals surface area (Å²) < 4.78 is 26.2. The van der Waals surface area contributed by atoms with E-state index in [-0.39, 0.29) is 5.91 Å². The van der Waals surface area contributed by atoms with Crippen molar-refractivity contribution in [2.45, 2.75) is 6.42 Å². The van der Waals surface area contributed by atoms with Crippen LogP contribution >= 0.6 is 0 Å². The van der Waals surface area contributed by atoms with Crippen LogP contribution in [0.15, 0.2) is 36.7 Å². The van der Waals surface area contributed by atoms with E-state index in [2.05, 4.69) is 15.6 Å². The highest BCUT2D eigenvalue weighted by Gasteiger charge is 2.08. The van der Waals surface area contributed by atoms with E-state index in [9.17, 15) is 13.6 Å². The number of hydrogen-bond donors (Lipinski definition) is 2. The highest BCUT2D eigenvalue weighted by molar-refractivity contribution is 5.94. The third-order valence-corrected chi connectivity index (χ3v) is 3.28. The third-order valence-electron chi connectivity index (χ3n) is 3.28. The SMILES string of the molecule is CN(C)CCCNC(=O)c1cncc(Nc2ccc(F)c(F)c2)c1. The van der Waals surface area contributed by atoms with E-state index in [4.69, 9.17) is 0 Å². The van der Waals surface area contributed by atoms with E-state index in [1.165, 1.54) is 18.5 Å². The first-order valence-electron chi connectivity index (χ1n) is 7.56. The van der Waals surface area contributed by atoms with Crippen molar-refractivity contribution >= 4 is 17.3 Å². The number of anilines is 2. The molecule has 0 bridgehead atoms. The Bertz CT molecular complexity index is 707. The second kappa shape index (κ2) is 8.35. The van der Waals surface area contributed by atoms with Gasteiger partial charge in [-0.1, -0.05) is 0 Å². The number of nitrogens with one attached hydrogen (secondary N) is 2. The van der Waals surface area contributed by atoms with E-state index in [0.29, 0.717) is 23.5 Å². The van der Waals surface area contributed by atoms with Crippen LogP contribution in [0, 0.1) is 11.6 Å².